The molecule has 3 rings (SSSR count). The number of urea groups is 1. The lowest BCUT2D eigenvalue weighted by Crippen LogP contribution is -2.38. The molecule has 4 nitrogen and oxygen atoms in total. The zero-order valence-corrected chi connectivity index (χ0v) is 14.4. The van der Waals surface area contributed by atoms with Crippen molar-refractivity contribution in [3.63, 3.8) is 0 Å². The number of carbonyl (C=O) groups is 1. The van der Waals surface area contributed by atoms with Crippen molar-refractivity contribution in [3.8, 4) is 5.75 Å². The second-order valence-electron chi connectivity index (χ2n) is 5.72. The summed E-state index contributed by atoms with van der Waals surface area (Å²) < 4.78 is 19.0. The van der Waals surface area contributed by atoms with Crippen LogP contribution in [0.1, 0.15) is 36.2 Å². The van der Waals surface area contributed by atoms with Gasteiger partial charge in [0.1, 0.15) is 0 Å². The van der Waals surface area contributed by atoms with Crippen molar-refractivity contribution in [3.05, 3.63) is 52.0 Å². The lowest BCUT2D eigenvalue weighted by molar-refractivity contribution is 0.193. The number of amides is 2. The highest BCUT2D eigenvalue weighted by atomic mass is 32.1. The van der Waals surface area contributed by atoms with Crippen molar-refractivity contribution in [1.29, 1.82) is 0 Å². The summed E-state index contributed by atoms with van der Waals surface area (Å²) in [6.07, 6.45) is 2.00. The van der Waals surface area contributed by atoms with Gasteiger partial charge in [0.25, 0.3) is 0 Å². The second kappa shape index (κ2) is 7.66. The smallest absolute Gasteiger partial charge is 0.318 e. The third-order valence-corrected chi connectivity index (χ3v) is 5.10. The molecule has 2 aromatic rings. The minimum atomic E-state index is -0.402. The van der Waals surface area contributed by atoms with E-state index in [1.807, 2.05) is 23.3 Å². The number of thiophene rings is 1. The monoisotopic (exact) mass is 348 g/mol. The van der Waals surface area contributed by atoms with Gasteiger partial charge in [-0.25, -0.2) is 9.18 Å². The number of nitrogens with zero attached hydrogens (tertiary/aromatic N) is 1. The lowest BCUT2D eigenvalue weighted by atomic mass is 10.2. The Hall–Kier alpha value is -2.08. The first-order valence-corrected chi connectivity index (χ1v) is 9.06. The van der Waals surface area contributed by atoms with Crippen LogP contribution in [0.15, 0.2) is 35.7 Å². The van der Waals surface area contributed by atoms with Gasteiger partial charge in [0.05, 0.1) is 12.6 Å². The fourth-order valence-corrected chi connectivity index (χ4v) is 3.87. The van der Waals surface area contributed by atoms with Crippen LogP contribution < -0.4 is 10.1 Å². The average Bonchev–Trinajstić information content (AvgIpc) is 3.25. The van der Waals surface area contributed by atoms with Gasteiger partial charge < -0.3 is 15.0 Å². The van der Waals surface area contributed by atoms with Gasteiger partial charge in [0, 0.05) is 18.0 Å². The van der Waals surface area contributed by atoms with Gasteiger partial charge in [-0.2, -0.15) is 0 Å². The molecule has 1 N–H and O–H groups in total. The highest BCUT2D eigenvalue weighted by Gasteiger charge is 2.30. The molecule has 1 aromatic carbocycles. The maximum atomic E-state index is 13.9. The summed E-state index contributed by atoms with van der Waals surface area (Å²) in [6, 6.07) is 8.92. The van der Waals surface area contributed by atoms with E-state index in [-0.39, 0.29) is 17.8 Å². The van der Waals surface area contributed by atoms with Gasteiger partial charge in [-0.15, -0.1) is 11.3 Å². The number of halogens is 1. The average molecular weight is 348 g/mol. The van der Waals surface area contributed by atoms with E-state index in [4.69, 9.17) is 4.74 Å². The molecule has 0 spiro atoms. The molecule has 1 unspecified atom stereocenters. The van der Waals surface area contributed by atoms with Crippen LogP contribution in [0.25, 0.3) is 0 Å². The molecule has 6 heteroatoms. The predicted octanol–water partition coefficient (Wildman–Crippen LogP) is 4.33. The number of hydrogen-bond donors (Lipinski definition) is 1. The Labute approximate surface area is 145 Å². The number of carbonyl (C=O) groups excluding carboxylic acids is 1. The van der Waals surface area contributed by atoms with Crippen molar-refractivity contribution in [2.45, 2.75) is 32.4 Å². The molecule has 24 heavy (non-hydrogen) atoms. The molecule has 1 fully saturated rings. The van der Waals surface area contributed by atoms with Crippen LogP contribution in [0.4, 0.5) is 9.18 Å². The maximum absolute atomic E-state index is 13.9. The fourth-order valence-electron chi connectivity index (χ4n) is 2.99. The van der Waals surface area contributed by atoms with Gasteiger partial charge in [0.15, 0.2) is 11.6 Å². The third kappa shape index (κ3) is 3.70. The Morgan fingerprint density at radius 1 is 1.46 bits per heavy atom. The largest absolute Gasteiger partial charge is 0.491 e. The van der Waals surface area contributed by atoms with Gasteiger partial charge in [-0.3, -0.25) is 0 Å². The van der Waals surface area contributed by atoms with E-state index < -0.39 is 5.82 Å². The summed E-state index contributed by atoms with van der Waals surface area (Å²) in [4.78, 5) is 15.6. The summed E-state index contributed by atoms with van der Waals surface area (Å²) >= 11 is 1.68. The molecular weight excluding hydrogens is 327 g/mol. The molecule has 128 valence electrons. The van der Waals surface area contributed by atoms with E-state index in [2.05, 4.69) is 11.4 Å². The molecule has 0 saturated carbocycles. The first-order chi connectivity index (χ1) is 11.7. The summed E-state index contributed by atoms with van der Waals surface area (Å²) in [6.45, 7) is 3.29. The molecule has 2 heterocycles. The Balaban J connectivity index is 1.60. The van der Waals surface area contributed by atoms with Crippen LogP contribution in [-0.4, -0.2) is 24.1 Å². The van der Waals surface area contributed by atoms with Crippen molar-refractivity contribution in [2.75, 3.05) is 13.2 Å². The summed E-state index contributed by atoms with van der Waals surface area (Å²) in [5.74, 6) is -0.161. The molecular formula is C18H21FN2O2S. The van der Waals surface area contributed by atoms with Gasteiger partial charge in [-0.1, -0.05) is 12.1 Å². The number of hydrogen-bond acceptors (Lipinski definition) is 3. The van der Waals surface area contributed by atoms with Crippen LogP contribution in [0.2, 0.25) is 0 Å². The van der Waals surface area contributed by atoms with Crippen LogP contribution >= 0.6 is 11.3 Å². The number of nitrogens with one attached hydrogen (secondary N) is 1. The predicted molar refractivity (Wildman–Crippen MR) is 92.8 cm³/mol. The molecule has 1 aromatic heterocycles. The number of benzene rings is 1. The second-order valence-corrected chi connectivity index (χ2v) is 6.70. The Morgan fingerprint density at radius 2 is 2.33 bits per heavy atom. The first kappa shape index (κ1) is 16.8. The molecule has 1 atom stereocenters. The minimum absolute atomic E-state index is 0.0970. The van der Waals surface area contributed by atoms with Crippen molar-refractivity contribution in [1.82, 2.24) is 10.2 Å². The van der Waals surface area contributed by atoms with Crippen LogP contribution in [0, 0.1) is 5.82 Å². The van der Waals surface area contributed by atoms with E-state index in [0.717, 1.165) is 24.9 Å². The van der Waals surface area contributed by atoms with E-state index in [1.165, 1.54) is 10.9 Å². The summed E-state index contributed by atoms with van der Waals surface area (Å²) in [7, 11) is 0. The first-order valence-electron chi connectivity index (χ1n) is 8.18. The van der Waals surface area contributed by atoms with E-state index in [0.29, 0.717) is 13.2 Å². The normalized spacial score (nSPS) is 17.1. The zero-order valence-electron chi connectivity index (χ0n) is 13.6. The Bertz CT molecular complexity index is 690. The van der Waals surface area contributed by atoms with Crippen molar-refractivity contribution < 1.29 is 13.9 Å². The summed E-state index contributed by atoms with van der Waals surface area (Å²) in [5, 5.41) is 4.93. The Kier molecular flexibility index (Phi) is 5.35. The third-order valence-electron chi connectivity index (χ3n) is 4.13. The van der Waals surface area contributed by atoms with Crippen molar-refractivity contribution in [2.24, 2.45) is 0 Å². The maximum Gasteiger partial charge on any atom is 0.318 e. The van der Waals surface area contributed by atoms with E-state index in [9.17, 15) is 9.18 Å². The van der Waals surface area contributed by atoms with Gasteiger partial charge >= 0.3 is 6.03 Å². The SMILES string of the molecule is CCOc1ccc(CNC(=O)N2CCCC2c2cccs2)cc1F. The highest BCUT2D eigenvalue weighted by molar-refractivity contribution is 7.10. The zero-order chi connectivity index (χ0) is 16.9. The minimum Gasteiger partial charge on any atom is -0.491 e. The van der Waals surface area contributed by atoms with Crippen LogP contribution in [0.3, 0.4) is 0 Å². The highest BCUT2D eigenvalue weighted by Crippen LogP contribution is 2.34. The number of ether oxygens (including phenoxy) is 1. The Morgan fingerprint density at radius 3 is 3.04 bits per heavy atom. The molecule has 1 saturated heterocycles. The van der Waals surface area contributed by atoms with Gasteiger partial charge in [0.2, 0.25) is 0 Å². The van der Waals surface area contributed by atoms with Crippen LogP contribution in [-0.2, 0) is 6.54 Å². The molecule has 0 radical (unpaired) electrons. The molecule has 1 aliphatic heterocycles. The van der Waals surface area contributed by atoms with E-state index >= 15 is 0 Å². The van der Waals surface area contributed by atoms with Gasteiger partial charge in [-0.05, 0) is 48.9 Å². The van der Waals surface area contributed by atoms with E-state index in [1.54, 1.807) is 23.5 Å². The fraction of sp³-hybridized carbons (Fsp3) is 0.389. The molecule has 2 amide bonds. The topological polar surface area (TPSA) is 41.6 Å². The molecule has 0 bridgehead atoms. The van der Waals surface area contributed by atoms with Crippen LogP contribution in [0.5, 0.6) is 5.75 Å². The lowest BCUT2D eigenvalue weighted by Gasteiger charge is -2.24. The number of likely N-dealkylation sites (tertiary alicyclic amines) is 1. The standard InChI is InChI=1S/C18H21FN2O2S/c1-2-23-16-8-7-13(11-14(16)19)12-20-18(22)21-9-3-5-15(21)17-6-4-10-24-17/h4,6-8,10-11,15H,2-3,5,9,12H2,1H3,(H,20,22). The van der Waals surface area contributed by atoms with Crippen molar-refractivity contribution >= 4 is 17.4 Å². The summed E-state index contributed by atoms with van der Waals surface area (Å²) in [5.41, 5.74) is 0.719. The quantitative estimate of drug-likeness (QED) is 0.874. The molecule has 0 aliphatic carbocycles. The number of rotatable bonds is 5. The molecule has 1 aliphatic rings.